The van der Waals surface area contributed by atoms with Gasteiger partial charge in [0.2, 0.25) is 5.91 Å². The smallest absolute Gasteiger partial charge is 0.257 e. The van der Waals surface area contributed by atoms with Gasteiger partial charge in [0, 0.05) is 31.9 Å². The molecule has 8 nitrogen and oxygen atoms in total. The standard InChI is InChI=1S/C19H23N5O3/c1-27-17-5-3-2-4-15(17)24-12-13(10-21-24)19(26)23-9-8-20-11-16(23)18(25)22-14-6-7-14/h2-5,10,12,14,16,20H,6-9,11H2,1H3,(H,22,25). The largest absolute Gasteiger partial charge is 0.494 e. The molecule has 4 rings (SSSR count). The zero-order valence-corrected chi connectivity index (χ0v) is 15.2. The number of carbonyl (C=O) groups is 2. The molecular formula is C19H23N5O3. The molecule has 2 heterocycles. The first-order valence-electron chi connectivity index (χ1n) is 9.17. The average molecular weight is 369 g/mol. The maximum absolute atomic E-state index is 13.0. The van der Waals surface area contributed by atoms with Gasteiger partial charge in [-0.3, -0.25) is 9.59 Å². The number of benzene rings is 1. The lowest BCUT2D eigenvalue weighted by atomic mass is 10.1. The van der Waals surface area contributed by atoms with Crippen molar-refractivity contribution in [1.29, 1.82) is 0 Å². The molecule has 0 spiro atoms. The minimum absolute atomic E-state index is 0.0878. The highest BCUT2D eigenvalue weighted by Crippen LogP contribution is 2.23. The fourth-order valence-electron chi connectivity index (χ4n) is 3.26. The highest BCUT2D eigenvalue weighted by molar-refractivity contribution is 5.97. The van der Waals surface area contributed by atoms with Crippen molar-refractivity contribution in [3.8, 4) is 11.4 Å². The number of nitrogens with one attached hydrogen (secondary N) is 2. The van der Waals surface area contributed by atoms with Crippen LogP contribution in [-0.2, 0) is 4.79 Å². The summed E-state index contributed by atoms with van der Waals surface area (Å²) in [4.78, 5) is 27.2. The van der Waals surface area contributed by atoms with Crippen LogP contribution < -0.4 is 15.4 Å². The Morgan fingerprint density at radius 1 is 1.30 bits per heavy atom. The molecule has 1 atom stereocenters. The van der Waals surface area contributed by atoms with E-state index in [0.29, 0.717) is 30.9 Å². The summed E-state index contributed by atoms with van der Waals surface area (Å²) in [6, 6.07) is 7.24. The second-order valence-corrected chi connectivity index (χ2v) is 6.85. The van der Waals surface area contributed by atoms with Gasteiger partial charge in [0.1, 0.15) is 17.5 Å². The Morgan fingerprint density at radius 2 is 2.11 bits per heavy atom. The number of hydrogen-bond donors (Lipinski definition) is 2. The van der Waals surface area contributed by atoms with Crippen LogP contribution in [-0.4, -0.2) is 65.3 Å². The summed E-state index contributed by atoms with van der Waals surface area (Å²) in [5, 5.41) is 10.5. The van der Waals surface area contributed by atoms with Crippen molar-refractivity contribution in [2.75, 3.05) is 26.7 Å². The molecule has 0 bridgehead atoms. The van der Waals surface area contributed by atoms with E-state index < -0.39 is 6.04 Å². The van der Waals surface area contributed by atoms with Crippen LogP contribution in [0.5, 0.6) is 5.75 Å². The quantitative estimate of drug-likeness (QED) is 0.805. The molecule has 2 N–H and O–H groups in total. The van der Waals surface area contributed by atoms with Crippen molar-refractivity contribution in [2.45, 2.75) is 24.9 Å². The van der Waals surface area contributed by atoms with Gasteiger partial charge in [-0.25, -0.2) is 4.68 Å². The molecule has 1 saturated heterocycles. The first-order valence-corrected chi connectivity index (χ1v) is 9.17. The Labute approximate surface area is 157 Å². The van der Waals surface area contributed by atoms with Crippen molar-refractivity contribution in [1.82, 2.24) is 25.3 Å². The van der Waals surface area contributed by atoms with Gasteiger partial charge in [-0.2, -0.15) is 5.10 Å². The molecule has 2 amide bonds. The maximum atomic E-state index is 13.0. The number of amides is 2. The lowest BCUT2D eigenvalue weighted by Gasteiger charge is -2.35. The van der Waals surface area contributed by atoms with Gasteiger partial charge >= 0.3 is 0 Å². The average Bonchev–Trinajstić information content (AvgIpc) is 3.39. The number of methoxy groups -OCH3 is 1. The fraction of sp³-hybridized carbons (Fsp3) is 0.421. The van der Waals surface area contributed by atoms with Gasteiger partial charge in [0.25, 0.3) is 5.91 Å². The predicted octanol–water partition coefficient (Wildman–Crippen LogP) is 0.574. The number of carbonyl (C=O) groups excluding carboxylic acids is 2. The fourth-order valence-corrected chi connectivity index (χ4v) is 3.26. The first-order chi connectivity index (χ1) is 13.2. The highest BCUT2D eigenvalue weighted by atomic mass is 16.5. The van der Waals surface area contributed by atoms with Crippen molar-refractivity contribution >= 4 is 11.8 Å². The summed E-state index contributed by atoms with van der Waals surface area (Å²) in [6.07, 6.45) is 5.25. The SMILES string of the molecule is COc1ccccc1-n1cc(C(=O)N2CCNCC2C(=O)NC2CC2)cn1. The molecule has 1 aromatic carbocycles. The Hall–Kier alpha value is -2.87. The van der Waals surface area contributed by atoms with Crippen molar-refractivity contribution in [3.05, 3.63) is 42.2 Å². The van der Waals surface area contributed by atoms with Crippen LogP contribution in [0.3, 0.4) is 0 Å². The molecule has 2 aliphatic rings. The molecule has 2 aromatic rings. The van der Waals surface area contributed by atoms with Crippen LogP contribution >= 0.6 is 0 Å². The van der Waals surface area contributed by atoms with E-state index in [4.69, 9.17) is 4.74 Å². The molecule has 1 aliphatic carbocycles. The van der Waals surface area contributed by atoms with E-state index in [1.807, 2.05) is 24.3 Å². The topological polar surface area (TPSA) is 88.5 Å². The van der Waals surface area contributed by atoms with E-state index in [9.17, 15) is 9.59 Å². The van der Waals surface area contributed by atoms with Gasteiger partial charge in [0.15, 0.2) is 0 Å². The Morgan fingerprint density at radius 3 is 2.89 bits per heavy atom. The molecule has 1 aromatic heterocycles. The van der Waals surface area contributed by atoms with Crippen molar-refractivity contribution in [2.24, 2.45) is 0 Å². The summed E-state index contributed by atoms with van der Waals surface area (Å²) < 4.78 is 6.98. The monoisotopic (exact) mass is 369 g/mol. The second-order valence-electron chi connectivity index (χ2n) is 6.85. The number of ether oxygens (including phenoxy) is 1. The van der Waals surface area contributed by atoms with E-state index in [1.165, 1.54) is 6.20 Å². The van der Waals surface area contributed by atoms with Crippen LogP contribution in [0.25, 0.3) is 5.69 Å². The summed E-state index contributed by atoms with van der Waals surface area (Å²) >= 11 is 0. The Kier molecular flexibility index (Phi) is 4.81. The maximum Gasteiger partial charge on any atom is 0.257 e. The number of para-hydroxylation sites is 2. The third-order valence-electron chi connectivity index (χ3n) is 4.89. The van der Waals surface area contributed by atoms with Gasteiger partial charge in [-0.05, 0) is 25.0 Å². The molecule has 1 unspecified atom stereocenters. The second kappa shape index (κ2) is 7.40. The van der Waals surface area contributed by atoms with Crippen LogP contribution in [0, 0.1) is 0 Å². The van der Waals surface area contributed by atoms with Crippen molar-refractivity contribution < 1.29 is 14.3 Å². The third kappa shape index (κ3) is 3.66. The first kappa shape index (κ1) is 17.5. The number of hydrogen-bond acceptors (Lipinski definition) is 5. The van der Waals surface area contributed by atoms with Crippen LogP contribution in [0.4, 0.5) is 0 Å². The Balaban J connectivity index is 1.54. The molecular weight excluding hydrogens is 346 g/mol. The van der Waals surface area contributed by atoms with Gasteiger partial charge < -0.3 is 20.3 Å². The van der Waals surface area contributed by atoms with Crippen LogP contribution in [0.2, 0.25) is 0 Å². The minimum Gasteiger partial charge on any atom is -0.494 e. The third-order valence-corrected chi connectivity index (χ3v) is 4.89. The highest BCUT2D eigenvalue weighted by Gasteiger charge is 2.35. The van der Waals surface area contributed by atoms with E-state index >= 15 is 0 Å². The van der Waals surface area contributed by atoms with E-state index in [-0.39, 0.29) is 17.9 Å². The molecule has 8 heteroatoms. The summed E-state index contributed by atoms with van der Waals surface area (Å²) in [7, 11) is 1.60. The normalized spacial score (nSPS) is 19.6. The zero-order chi connectivity index (χ0) is 18.8. The lowest BCUT2D eigenvalue weighted by molar-refractivity contribution is -0.126. The van der Waals surface area contributed by atoms with Gasteiger partial charge in [-0.1, -0.05) is 12.1 Å². The molecule has 0 radical (unpaired) electrons. The van der Waals surface area contributed by atoms with Crippen LogP contribution in [0.15, 0.2) is 36.7 Å². The number of rotatable bonds is 5. The van der Waals surface area contributed by atoms with Gasteiger partial charge in [0.05, 0.1) is 18.9 Å². The van der Waals surface area contributed by atoms with E-state index in [2.05, 4.69) is 15.7 Å². The number of nitrogens with zero attached hydrogens (tertiary/aromatic N) is 3. The van der Waals surface area contributed by atoms with E-state index in [1.54, 1.807) is 22.9 Å². The number of aromatic nitrogens is 2. The number of piperazine rings is 1. The summed E-state index contributed by atoms with van der Waals surface area (Å²) in [6.45, 7) is 1.62. The minimum atomic E-state index is -0.499. The molecule has 142 valence electrons. The molecule has 1 aliphatic heterocycles. The zero-order valence-electron chi connectivity index (χ0n) is 15.2. The molecule has 2 fully saturated rings. The van der Waals surface area contributed by atoms with Crippen LogP contribution in [0.1, 0.15) is 23.2 Å². The molecule has 27 heavy (non-hydrogen) atoms. The Bertz CT molecular complexity index is 845. The molecule has 1 saturated carbocycles. The summed E-state index contributed by atoms with van der Waals surface area (Å²) in [5.41, 5.74) is 1.20. The summed E-state index contributed by atoms with van der Waals surface area (Å²) in [5.74, 6) is 0.396. The lowest BCUT2D eigenvalue weighted by Crippen LogP contribution is -2.59. The van der Waals surface area contributed by atoms with Gasteiger partial charge in [-0.15, -0.1) is 0 Å². The predicted molar refractivity (Wildman–Crippen MR) is 99.0 cm³/mol. The van der Waals surface area contributed by atoms with E-state index in [0.717, 1.165) is 18.5 Å². The van der Waals surface area contributed by atoms with Crippen molar-refractivity contribution in [3.63, 3.8) is 0 Å².